The van der Waals surface area contributed by atoms with Crippen molar-refractivity contribution in [2.24, 2.45) is 11.7 Å². The first-order valence-electron chi connectivity index (χ1n) is 12.9. The largest absolute Gasteiger partial charge is 0.368 e. The van der Waals surface area contributed by atoms with E-state index in [0.717, 1.165) is 11.1 Å². The van der Waals surface area contributed by atoms with Gasteiger partial charge in [-0.3, -0.25) is 19.2 Å². The van der Waals surface area contributed by atoms with Crippen molar-refractivity contribution in [1.82, 2.24) is 10.2 Å². The van der Waals surface area contributed by atoms with E-state index in [1.165, 1.54) is 18.2 Å². The minimum absolute atomic E-state index is 0.0324. The van der Waals surface area contributed by atoms with Crippen LogP contribution in [0.2, 0.25) is 10.0 Å². The summed E-state index contributed by atoms with van der Waals surface area (Å²) in [5.74, 6) is -1.62. The normalized spacial score (nSPS) is 14.6. The van der Waals surface area contributed by atoms with Crippen LogP contribution in [0.1, 0.15) is 46.4 Å². The van der Waals surface area contributed by atoms with Crippen LogP contribution in [0, 0.1) is 17.2 Å². The van der Waals surface area contributed by atoms with Crippen LogP contribution in [-0.4, -0.2) is 50.0 Å². The lowest BCUT2D eigenvalue weighted by Crippen LogP contribution is -2.51. The molecular weight excluding hydrogens is 585 g/mol. The van der Waals surface area contributed by atoms with E-state index in [9.17, 15) is 23.3 Å². The zero-order chi connectivity index (χ0) is 29.7. The molecule has 0 saturated carbocycles. The molecule has 0 unspecified atom stereocenters. The van der Waals surface area contributed by atoms with E-state index < -0.39 is 27.9 Å². The molecule has 9 nitrogen and oxygen atoms in total. The first-order valence-corrected chi connectivity index (χ1v) is 15.3. The number of carbonyl (C=O) groups excluding carboxylic acids is 2. The van der Waals surface area contributed by atoms with E-state index in [4.69, 9.17) is 28.9 Å². The van der Waals surface area contributed by atoms with Gasteiger partial charge in [-0.1, -0.05) is 54.4 Å². The summed E-state index contributed by atoms with van der Waals surface area (Å²) in [5.41, 5.74) is 7.55. The maximum absolute atomic E-state index is 13.1. The molecule has 1 fully saturated rings. The summed E-state index contributed by atoms with van der Waals surface area (Å²) < 4.78 is 28.7. The second kappa shape index (κ2) is 12.9. The summed E-state index contributed by atoms with van der Waals surface area (Å²) in [6.45, 7) is 2.76. The first-order chi connectivity index (χ1) is 19.5. The van der Waals surface area contributed by atoms with Crippen LogP contribution in [0.3, 0.4) is 0 Å². The molecule has 4 rings (SSSR count). The van der Waals surface area contributed by atoms with E-state index in [0.29, 0.717) is 23.1 Å². The number of hydrogen-bond donors (Lipinski definition) is 3. The molecule has 0 aromatic heterocycles. The molecule has 1 heterocycles. The summed E-state index contributed by atoms with van der Waals surface area (Å²) in [4.78, 5) is 26.4. The van der Waals surface area contributed by atoms with Crippen LogP contribution < -0.4 is 15.8 Å². The molecule has 1 atom stereocenters. The number of primary amides is 1. The second-order valence-corrected chi connectivity index (χ2v) is 12.6. The molecule has 4 N–H and O–H groups in total. The highest BCUT2D eigenvalue weighted by Gasteiger charge is 2.36. The number of carbonyl (C=O) groups is 2. The minimum atomic E-state index is -3.82. The third kappa shape index (κ3) is 7.77. The van der Waals surface area contributed by atoms with Crippen LogP contribution >= 0.6 is 23.2 Å². The van der Waals surface area contributed by atoms with Gasteiger partial charge in [-0.25, -0.2) is 8.42 Å². The fraction of sp³-hybridized carbons (Fsp3) is 0.276. The molecule has 3 aromatic rings. The molecule has 1 aliphatic heterocycles. The number of nitrogens with zero attached hydrogens (tertiary/aromatic N) is 2. The van der Waals surface area contributed by atoms with Crippen molar-refractivity contribution in [2.45, 2.75) is 25.4 Å². The Morgan fingerprint density at radius 3 is 2.07 bits per heavy atom. The van der Waals surface area contributed by atoms with Crippen molar-refractivity contribution in [3.63, 3.8) is 0 Å². The van der Waals surface area contributed by atoms with Crippen LogP contribution in [0.4, 0.5) is 5.69 Å². The average molecular weight is 615 g/mol. The molecule has 2 amide bonds. The van der Waals surface area contributed by atoms with Crippen LogP contribution in [0.25, 0.3) is 0 Å². The standard InChI is InChI=1S/C29H29Cl2N5O4S/c1-2-26(28(33)37)34-29(38)22-11-18(14-32)12-25(13-22)35-41(39,40)17-19-15-36(16-19)27(20-3-7-23(30)8-4-20)21-5-9-24(31)10-6-21/h3-13,19,26-27,35H,2,15-17H2,1H3,(H2,33,37)(H,34,38)/t26-/m0/s1. The number of anilines is 1. The number of nitrogens with two attached hydrogens (primary N) is 1. The van der Waals surface area contributed by atoms with E-state index in [2.05, 4.69) is 14.9 Å². The van der Waals surface area contributed by atoms with E-state index in [1.54, 1.807) is 6.92 Å². The lowest BCUT2D eigenvalue weighted by molar-refractivity contribution is -0.119. The first kappa shape index (κ1) is 30.3. The van der Waals surface area contributed by atoms with Gasteiger partial charge in [-0.15, -0.1) is 0 Å². The predicted molar refractivity (Wildman–Crippen MR) is 159 cm³/mol. The van der Waals surface area contributed by atoms with Crippen molar-refractivity contribution in [2.75, 3.05) is 23.6 Å². The molecule has 3 aromatic carbocycles. The number of nitrogens with one attached hydrogen (secondary N) is 2. The van der Waals surface area contributed by atoms with Crippen LogP contribution in [0.5, 0.6) is 0 Å². The predicted octanol–water partition coefficient (Wildman–Crippen LogP) is 4.32. The van der Waals surface area contributed by atoms with Gasteiger partial charge in [-0.2, -0.15) is 5.26 Å². The maximum Gasteiger partial charge on any atom is 0.252 e. The maximum atomic E-state index is 13.1. The van der Waals surface area contributed by atoms with Crippen molar-refractivity contribution in [3.05, 3.63) is 99.0 Å². The van der Waals surface area contributed by atoms with Gasteiger partial charge >= 0.3 is 0 Å². The molecule has 12 heteroatoms. The molecule has 0 radical (unpaired) electrons. The Labute approximate surface area is 249 Å². The molecule has 0 spiro atoms. The van der Waals surface area contributed by atoms with Gasteiger partial charge in [-0.05, 0) is 60.0 Å². The van der Waals surface area contributed by atoms with E-state index in [-0.39, 0.29) is 40.9 Å². The molecule has 0 aliphatic carbocycles. The van der Waals surface area contributed by atoms with Gasteiger partial charge < -0.3 is 11.1 Å². The highest BCUT2D eigenvalue weighted by Crippen LogP contribution is 2.36. The number of amides is 2. The smallest absolute Gasteiger partial charge is 0.252 e. The van der Waals surface area contributed by atoms with E-state index >= 15 is 0 Å². The average Bonchev–Trinajstić information content (AvgIpc) is 2.91. The highest BCUT2D eigenvalue weighted by atomic mass is 35.5. The van der Waals surface area contributed by atoms with Crippen molar-refractivity contribution in [1.29, 1.82) is 5.26 Å². The molecule has 41 heavy (non-hydrogen) atoms. The number of hydrogen-bond acceptors (Lipinski definition) is 6. The Bertz CT molecular complexity index is 1520. The Hall–Kier alpha value is -3.62. The second-order valence-electron chi connectivity index (χ2n) is 9.96. The number of nitriles is 1. The van der Waals surface area contributed by atoms with Gasteiger partial charge in [0.25, 0.3) is 5.91 Å². The highest BCUT2D eigenvalue weighted by molar-refractivity contribution is 7.92. The Balaban J connectivity index is 1.45. The molecule has 1 aliphatic rings. The number of sulfonamides is 1. The van der Waals surface area contributed by atoms with Crippen LogP contribution in [0.15, 0.2) is 66.7 Å². The zero-order valence-electron chi connectivity index (χ0n) is 22.2. The van der Waals surface area contributed by atoms with Gasteiger partial charge in [0.2, 0.25) is 15.9 Å². The number of rotatable bonds is 11. The number of benzene rings is 3. The molecule has 0 bridgehead atoms. The fourth-order valence-electron chi connectivity index (χ4n) is 4.86. The number of halogens is 2. The minimum Gasteiger partial charge on any atom is -0.368 e. The lowest BCUT2D eigenvalue weighted by Gasteiger charge is -2.44. The summed E-state index contributed by atoms with van der Waals surface area (Å²) in [7, 11) is -3.82. The summed E-state index contributed by atoms with van der Waals surface area (Å²) >= 11 is 12.2. The third-order valence-electron chi connectivity index (χ3n) is 6.83. The van der Waals surface area contributed by atoms with Gasteiger partial charge in [0.15, 0.2) is 0 Å². The SMILES string of the molecule is CC[C@H](NC(=O)c1cc(C#N)cc(NS(=O)(=O)CC2CN(C(c3ccc(Cl)cc3)c3ccc(Cl)cc3)C2)c1)C(N)=O. The Morgan fingerprint density at radius 1 is 1.02 bits per heavy atom. The lowest BCUT2D eigenvalue weighted by atomic mass is 9.91. The fourth-order valence-corrected chi connectivity index (χ4v) is 6.50. The number of likely N-dealkylation sites (tertiary alicyclic amines) is 1. The molecule has 214 valence electrons. The topological polar surface area (TPSA) is 145 Å². The van der Waals surface area contributed by atoms with Gasteiger partial charge in [0.05, 0.1) is 29.1 Å². The third-order valence-corrected chi connectivity index (χ3v) is 8.79. The van der Waals surface area contributed by atoms with Gasteiger partial charge in [0, 0.05) is 34.6 Å². The molecular formula is C29H29Cl2N5O4S. The Kier molecular flexibility index (Phi) is 9.56. The van der Waals surface area contributed by atoms with Crippen molar-refractivity contribution >= 4 is 50.7 Å². The van der Waals surface area contributed by atoms with Crippen LogP contribution in [-0.2, 0) is 14.8 Å². The monoisotopic (exact) mass is 613 g/mol. The van der Waals surface area contributed by atoms with Crippen molar-refractivity contribution in [3.8, 4) is 6.07 Å². The Morgan fingerprint density at radius 2 is 1.59 bits per heavy atom. The summed E-state index contributed by atoms with van der Waals surface area (Å²) in [6.07, 6.45) is 0.286. The molecule has 1 saturated heterocycles. The quantitative estimate of drug-likeness (QED) is 0.293. The summed E-state index contributed by atoms with van der Waals surface area (Å²) in [5, 5.41) is 13.2. The van der Waals surface area contributed by atoms with Gasteiger partial charge in [0.1, 0.15) is 6.04 Å². The summed E-state index contributed by atoms with van der Waals surface area (Å²) in [6, 6.07) is 20.0. The zero-order valence-corrected chi connectivity index (χ0v) is 24.5. The van der Waals surface area contributed by atoms with E-state index in [1.807, 2.05) is 54.6 Å². The van der Waals surface area contributed by atoms with Crippen molar-refractivity contribution < 1.29 is 18.0 Å².